The van der Waals surface area contributed by atoms with E-state index in [-0.39, 0.29) is 18.5 Å². The van der Waals surface area contributed by atoms with Gasteiger partial charge >= 0.3 is 11.9 Å². The molecular weight excluding hydrogens is 717 g/mol. The van der Waals surface area contributed by atoms with Crippen LogP contribution in [0, 0.1) is 0 Å². The average molecular weight is 819 g/mol. The van der Waals surface area contributed by atoms with Crippen molar-refractivity contribution in [1.29, 1.82) is 0 Å². The smallest absolute Gasteiger partial charge is 0.306 e. The van der Waals surface area contributed by atoms with E-state index >= 15 is 0 Å². The van der Waals surface area contributed by atoms with E-state index in [9.17, 15) is 9.59 Å². The fraction of sp³-hybridized carbons (Fsp3) is 0.925. The van der Waals surface area contributed by atoms with Crippen LogP contribution in [0.2, 0.25) is 0 Å². The Labute approximate surface area is 363 Å². The van der Waals surface area contributed by atoms with Gasteiger partial charge in [-0.1, -0.05) is 245 Å². The van der Waals surface area contributed by atoms with Gasteiger partial charge < -0.3 is 14.2 Å². The zero-order valence-electron chi connectivity index (χ0n) is 39.6. The second kappa shape index (κ2) is 50.0. The summed E-state index contributed by atoms with van der Waals surface area (Å²) in [7, 11) is 0. The first kappa shape index (κ1) is 56.6. The summed E-state index contributed by atoms with van der Waals surface area (Å²) >= 11 is 0. The van der Waals surface area contributed by atoms with E-state index in [1.54, 1.807) is 0 Å². The van der Waals surface area contributed by atoms with Crippen LogP contribution >= 0.6 is 0 Å². The number of carbonyl (C=O) groups excluding carboxylic acids is 2. The maximum Gasteiger partial charge on any atom is 0.306 e. The number of ether oxygens (including phenoxy) is 3. The molecule has 0 aliphatic rings. The third-order valence-corrected chi connectivity index (χ3v) is 11.8. The largest absolute Gasteiger partial charge is 0.462 e. The first-order chi connectivity index (χ1) is 28.6. The van der Waals surface area contributed by atoms with Crippen molar-refractivity contribution in [3.63, 3.8) is 0 Å². The standard InChI is InChI=1S/C53H102O5/c1-4-7-10-13-15-17-19-21-23-25-27-28-30-32-34-36-38-41-43-46-52(54)57-50-51(58-53(55)47-44-40-12-9-6-3)49-56-48-45-42-39-37-35-33-31-29-26-24-22-20-18-16-14-11-8-5-2/h22,24,51H,4-21,23,25-50H2,1-3H3/b24-22-. The van der Waals surface area contributed by atoms with Crippen molar-refractivity contribution in [1.82, 2.24) is 0 Å². The summed E-state index contributed by atoms with van der Waals surface area (Å²) in [5.74, 6) is -0.392. The fourth-order valence-corrected chi connectivity index (χ4v) is 7.86. The van der Waals surface area contributed by atoms with Crippen LogP contribution < -0.4 is 0 Å². The molecule has 0 heterocycles. The molecule has 0 amide bonds. The van der Waals surface area contributed by atoms with Gasteiger partial charge in [-0.3, -0.25) is 9.59 Å². The van der Waals surface area contributed by atoms with Crippen LogP contribution in [0.5, 0.6) is 0 Å². The van der Waals surface area contributed by atoms with E-state index in [0.717, 1.165) is 44.9 Å². The molecule has 344 valence electrons. The van der Waals surface area contributed by atoms with Gasteiger partial charge in [0.05, 0.1) is 6.61 Å². The zero-order chi connectivity index (χ0) is 42.1. The van der Waals surface area contributed by atoms with Crippen molar-refractivity contribution < 1.29 is 23.8 Å². The van der Waals surface area contributed by atoms with E-state index in [1.165, 1.54) is 212 Å². The Morgan fingerprint density at radius 3 is 1.05 bits per heavy atom. The van der Waals surface area contributed by atoms with Gasteiger partial charge in [0.2, 0.25) is 0 Å². The Balaban J connectivity index is 3.94. The molecule has 0 N–H and O–H groups in total. The second-order valence-corrected chi connectivity index (χ2v) is 17.8. The Kier molecular flexibility index (Phi) is 48.8. The van der Waals surface area contributed by atoms with Crippen LogP contribution in [0.15, 0.2) is 12.2 Å². The SMILES string of the molecule is CCCCCCCC/C=C\CCCCCCCCCCOCC(COC(=O)CCCCCCCCCCCCCCCCCCCCC)OC(=O)CCCCCCC. The van der Waals surface area contributed by atoms with Crippen molar-refractivity contribution in [3.05, 3.63) is 12.2 Å². The summed E-state index contributed by atoms with van der Waals surface area (Å²) in [4.78, 5) is 25.1. The molecule has 0 aliphatic carbocycles. The highest BCUT2D eigenvalue weighted by molar-refractivity contribution is 5.70. The lowest BCUT2D eigenvalue weighted by Gasteiger charge is -2.18. The number of unbranched alkanes of at least 4 members (excludes halogenated alkanes) is 36. The lowest BCUT2D eigenvalue weighted by molar-refractivity contribution is -0.163. The highest BCUT2D eigenvalue weighted by Crippen LogP contribution is 2.16. The van der Waals surface area contributed by atoms with Crippen molar-refractivity contribution in [2.45, 2.75) is 297 Å². The molecule has 0 aromatic rings. The zero-order valence-corrected chi connectivity index (χ0v) is 39.6. The fourth-order valence-electron chi connectivity index (χ4n) is 7.86. The van der Waals surface area contributed by atoms with Gasteiger partial charge in [0.25, 0.3) is 0 Å². The first-order valence-electron chi connectivity index (χ1n) is 26.2. The van der Waals surface area contributed by atoms with Gasteiger partial charge in [-0.25, -0.2) is 0 Å². The summed E-state index contributed by atoms with van der Waals surface area (Å²) < 4.78 is 17.3. The van der Waals surface area contributed by atoms with E-state index in [1.807, 2.05) is 0 Å². The molecule has 1 unspecified atom stereocenters. The van der Waals surface area contributed by atoms with Crippen molar-refractivity contribution in [3.8, 4) is 0 Å². The Morgan fingerprint density at radius 2 is 0.672 bits per heavy atom. The average Bonchev–Trinajstić information content (AvgIpc) is 3.22. The molecule has 0 saturated heterocycles. The third-order valence-electron chi connectivity index (χ3n) is 11.8. The summed E-state index contributed by atoms with van der Waals surface area (Å²) in [6, 6.07) is 0. The molecule has 0 spiro atoms. The molecule has 0 aromatic heterocycles. The molecule has 58 heavy (non-hydrogen) atoms. The summed E-state index contributed by atoms with van der Waals surface area (Å²) in [5.41, 5.74) is 0. The number of rotatable bonds is 49. The Bertz CT molecular complexity index is 840. The maximum atomic E-state index is 12.6. The van der Waals surface area contributed by atoms with Gasteiger partial charge in [-0.15, -0.1) is 0 Å². The quantitative estimate of drug-likeness (QED) is 0.0348. The first-order valence-corrected chi connectivity index (χ1v) is 26.2. The predicted molar refractivity (Wildman–Crippen MR) is 252 cm³/mol. The van der Waals surface area contributed by atoms with Crippen LogP contribution in [-0.2, 0) is 23.8 Å². The van der Waals surface area contributed by atoms with Gasteiger partial charge in [0.15, 0.2) is 6.10 Å². The molecule has 0 radical (unpaired) electrons. The Hall–Kier alpha value is -1.36. The highest BCUT2D eigenvalue weighted by atomic mass is 16.6. The topological polar surface area (TPSA) is 61.8 Å². The Morgan fingerprint density at radius 1 is 0.362 bits per heavy atom. The molecular formula is C53H102O5. The minimum Gasteiger partial charge on any atom is -0.462 e. The van der Waals surface area contributed by atoms with E-state index in [0.29, 0.717) is 26.1 Å². The number of allylic oxidation sites excluding steroid dienone is 2. The minimum absolute atomic E-state index is 0.0917. The number of hydrogen-bond donors (Lipinski definition) is 0. The molecule has 0 aromatic carbocycles. The van der Waals surface area contributed by atoms with E-state index < -0.39 is 6.10 Å². The maximum absolute atomic E-state index is 12.6. The van der Waals surface area contributed by atoms with Crippen LogP contribution in [0.1, 0.15) is 290 Å². The molecule has 0 aliphatic heterocycles. The van der Waals surface area contributed by atoms with E-state index in [4.69, 9.17) is 14.2 Å². The molecule has 0 fully saturated rings. The van der Waals surface area contributed by atoms with Crippen molar-refractivity contribution >= 4 is 11.9 Å². The summed E-state index contributed by atoms with van der Waals surface area (Å²) in [5, 5.41) is 0. The van der Waals surface area contributed by atoms with Gasteiger partial charge in [-0.2, -0.15) is 0 Å². The predicted octanol–water partition coefficient (Wildman–Crippen LogP) is 17.5. The molecule has 5 heteroatoms. The van der Waals surface area contributed by atoms with E-state index in [2.05, 4.69) is 32.9 Å². The minimum atomic E-state index is -0.525. The highest BCUT2D eigenvalue weighted by Gasteiger charge is 2.17. The van der Waals surface area contributed by atoms with Gasteiger partial charge in [-0.05, 0) is 44.9 Å². The van der Waals surface area contributed by atoms with Gasteiger partial charge in [0, 0.05) is 19.4 Å². The monoisotopic (exact) mass is 819 g/mol. The molecule has 0 rings (SSSR count). The third kappa shape index (κ3) is 47.3. The summed E-state index contributed by atoms with van der Waals surface area (Å²) in [6.45, 7) is 7.81. The second-order valence-electron chi connectivity index (χ2n) is 17.8. The number of carbonyl (C=O) groups is 2. The van der Waals surface area contributed by atoms with Crippen LogP contribution in [0.25, 0.3) is 0 Å². The number of esters is 2. The normalized spacial score (nSPS) is 12.1. The lowest BCUT2D eigenvalue weighted by atomic mass is 10.0. The van der Waals surface area contributed by atoms with Crippen LogP contribution in [-0.4, -0.2) is 37.9 Å². The lowest BCUT2D eigenvalue weighted by Crippen LogP contribution is -2.30. The molecule has 0 bridgehead atoms. The van der Waals surface area contributed by atoms with Crippen LogP contribution in [0.4, 0.5) is 0 Å². The van der Waals surface area contributed by atoms with Crippen molar-refractivity contribution in [2.75, 3.05) is 19.8 Å². The number of hydrogen-bond acceptors (Lipinski definition) is 5. The van der Waals surface area contributed by atoms with Gasteiger partial charge in [0.1, 0.15) is 6.61 Å². The van der Waals surface area contributed by atoms with Crippen LogP contribution in [0.3, 0.4) is 0 Å². The molecule has 5 nitrogen and oxygen atoms in total. The summed E-state index contributed by atoms with van der Waals surface area (Å²) in [6.07, 6.45) is 56.8. The molecule has 1 atom stereocenters. The van der Waals surface area contributed by atoms with Crippen molar-refractivity contribution in [2.24, 2.45) is 0 Å². The molecule has 0 saturated carbocycles.